The Balaban J connectivity index is 1.75. The minimum atomic E-state index is -0.493. The molecule has 1 aromatic carbocycles. The molecule has 1 N–H and O–H groups in total. The van der Waals surface area contributed by atoms with E-state index >= 15 is 0 Å². The summed E-state index contributed by atoms with van der Waals surface area (Å²) in [6.07, 6.45) is 2.61. The summed E-state index contributed by atoms with van der Waals surface area (Å²) in [5.74, 6) is 2.04. The number of carbonyl (C=O) groups excluding carboxylic acids is 1. The Bertz CT molecular complexity index is 806. The number of anilines is 1. The van der Waals surface area contributed by atoms with Gasteiger partial charge in [-0.25, -0.2) is 4.98 Å². The fraction of sp³-hybridized carbons (Fsp3) is 0.294. The molecule has 1 atom stereocenters. The second-order valence-corrected chi connectivity index (χ2v) is 6.85. The monoisotopic (exact) mass is 359 g/mol. The predicted molar refractivity (Wildman–Crippen MR) is 96.4 cm³/mol. The van der Waals surface area contributed by atoms with Crippen LogP contribution in [0.3, 0.4) is 0 Å². The minimum Gasteiger partial charge on any atom is -0.473 e. The molecule has 25 heavy (non-hydrogen) atoms. The summed E-state index contributed by atoms with van der Waals surface area (Å²) in [6, 6.07) is 7.53. The number of hydrogen-bond acceptors (Lipinski definition) is 6. The third kappa shape index (κ3) is 4.27. The Morgan fingerprint density at radius 2 is 2.24 bits per heavy atom. The smallest absolute Gasteiger partial charge is 0.271 e. The number of non-ortho nitro benzene ring substituents is 1. The van der Waals surface area contributed by atoms with Gasteiger partial charge in [0.25, 0.3) is 11.6 Å². The average Bonchev–Trinajstić information content (AvgIpc) is 3.09. The topological polar surface area (TPSA) is 94.4 Å². The van der Waals surface area contributed by atoms with Gasteiger partial charge in [-0.2, -0.15) is 11.8 Å². The van der Waals surface area contributed by atoms with Crippen LogP contribution in [0.25, 0.3) is 0 Å². The minimum absolute atomic E-state index is 0.0709. The van der Waals surface area contributed by atoms with E-state index in [4.69, 9.17) is 4.74 Å². The first kappa shape index (κ1) is 17.2. The normalized spacial score (nSPS) is 16.4. The Morgan fingerprint density at radius 1 is 1.40 bits per heavy atom. The molecular weight excluding hydrogens is 342 g/mol. The molecule has 8 heteroatoms. The highest BCUT2D eigenvalue weighted by Crippen LogP contribution is 2.24. The van der Waals surface area contributed by atoms with Gasteiger partial charge in [0.15, 0.2) is 0 Å². The lowest BCUT2D eigenvalue weighted by Crippen LogP contribution is -2.17. The number of aryl methyl sites for hydroxylation is 1. The molecule has 1 aromatic heterocycles. The highest BCUT2D eigenvalue weighted by atomic mass is 32.2. The van der Waals surface area contributed by atoms with Gasteiger partial charge >= 0.3 is 0 Å². The number of aromatic nitrogens is 1. The third-order valence-corrected chi connectivity index (χ3v) is 4.98. The maximum absolute atomic E-state index is 12.5. The van der Waals surface area contributed by atoms with Crippen molar-refractivity contribution < 1.29 is 14.5 Å². The molecule has 130 valence electrons. The second kappa shape index (κ2) is 7.52. The number of hydrogen-bond donors (Lipinski definition) is 1. The summed E-state index contributed by atoms with van der Waals surface area (Å²) in [6.45, 7) is 1.78. The number of ether oxygens (including phenoxy) is 1. The van der Waals surface area contributed by atoms with Gasteiger partial charge in [-0.05, 0) is 30.7 Å². The Kier molecular flexibility index (Phi) is 5.18. The van der Waals surface area contributed by atoms with Crippen LogP contribution < -0.4 is 10.1 Å². The highest BCUT2D eigenvalue weighted by Gasteiger charge is 2.18. The fourth-order valence-corrected chi connectivity index (χ4v) is 3.54. The van der Waals surface area contributed by atoms with E-state index in [-0.39, 0.29) is 17.7 Å². The van der Waals surface area contributed by atoms with Gasteiger partial charge in [-0.15, -0.1) is 0 Å². The molecule has 1 aliphatic rings. The van der Waals surface area contributed by atoms with Gasteiger partial charge in [-0.3, -0.25) is 14.9 Å². The number of nitro groups is 1. The van der Waals surface area contributed by atoms with Gasteiger partial charge in [0.2, 0.25) is 5.88 Å². The van der Waals surface area contributed by atoms with Crippen LogP contribution in [0.2, 0.25) is 0 Å². The number of thioether (sulfide) groups is 1. The SMILES string of the molecule is Cc1ccc([N+](=O)[O-])cc1NC(=O)c1ccnc(OC2CCSC2)c1. The number of amides is 1. The Hall–Kier alpha value is -2.61. The molecule has 0 spiro atoms. The molecule has 1 amide bonds. The molecule has 1 fully saturated rings. The molecule has 7 nitrogen and oxygen atoms in total. The van der Waals surface area contributed by atoms with Gasteiger partial charge < -0.3 is 10.1 Å². The van der Waals surface area contributed by atoms with Crippen molar-refractivity contribution in [3.63, 3.8) is 0 Å². The standard InChI is InChI=1S/C17H17N3O4S/c1-11-2-3-13(20(22)23)9-15(11)19-17(21)12-4-6-18-16(8-12)24-14-5-7-25-10-14/h2-4,6,8-9,14H,5,7,10H2,1H3,(H,19,21). The highest BCUT2D eigenvalue weighted by molar-refractivity contribution is 7.99. The van der Waals surface area contributed by atoms with Gasteiger partial charge in [0.1, 0.15) is 6.10 Å². The number of nitrogens with zero attached hydrogens (tertiary/aromatic N) is 2. The van der Waals surface area contributed by atoms with E-state index < -0.39 is 4.92 Å². The molecule has 1 saturated heterocycles. The maximum Gasteiger partial charge on any atom is 0.271 e. The molecule has 3 rings (SSSR count). The molecular formula is C17H17N3O4S. The van der Waals surface area contributed by atoms with Crippen molar-refractivity contribution in [2.24, 2.45) is 0 Å². The lowest BCUT2D eigenvalue weighted by atomic mass is 10.1. The summed E-state index contributed by atoms with van der Waals surface area (Å²) < 4.78 is 5.79. The van der Waals surface area contributed by atoms with Crippen molar-refractivity contribution in [2.45, 2.75) is 19.4 Å². The van der Waals surface area contributed by atoms with Crippen molar-refractivity contribution in [2.75, 3.05) is 16.8 Å². The number of rotatable bonds is 5. The first-order valence-corrected chi connectivity index (χ1v) is 8.95. The molecule has 0 aliphatic carbocycles. The molecule has 0 bridgehead atoms. The van der Waals surface area contributed by atoms with Crippen LogP contribution in [-0.4, -0.2) is 33.4 Å². The predicted octanol–water partition coefficient (Wildman–Crippen LogP) is 3.43. The molecule has 2 aromatic rings. The fourth-order valence-electron chi connectivity index (χ4n) is 2.44. The van der Waals surface area contributed by atoms with Crippen LogP contribution in [0.1, 0.15) is 22.3 Å². The number of nitrogens with one attached hydrogen (secondary N) is 1. The van der Waals surface area contributed by atoms with Crippen LogP contribution in [0.5, 0.6) is 5.88 Å². The summed E-state index contributed by atoms with van der Waals surface area (Å²) in [5.41, 5.74) is 1.47. The number of nitro benzene ring substituents is 1. The van der Waals surface area contributed by atoms with Crippen LogP contribution in [0.15, 0.2) is 36.5 Å². The van der Waals surface area contributed by atoms with Crippen molar-refractivity contribution >= 4 is 29.0 Å². The third-order valence-electron chi connectivity index (χ3n) is 3.85. The van der Waals surface area contributed by atoms with Crippen LogP contribution in [0.4, 0.5) is 11.4 Å². The lowest BCUT2D eigenvalue weighted by molar-refractivity contribution is -0.384. The molecule has 2 heterocycles. The Labute approximate surface area is 148 Å². The summed E-state index contributed by atoms with van der Waals surface area (Å²) >= 11 is 1.83. The van der Waals surface area contributed by atoms with Gasteiger partial charge in [0.05, 0.1) is 10.6 Å². The van der Waals surface area contributed by atoms with E-state index in [1.807, 2.05) is 11.8 Å². The number of pyridine rings is 1. The number of carbonyl (C=O) groups is 1. The molecule has 0 saturated carbocycles. The zero-order valence-electron chi connectivity index (χ0n) is 13.6. The summed E-state index contributed by atoms with van der Waals surface area (Å²) in [4.78, 5) is 27.0. The van der Waals surface area contributed by atoms with E-state index in [0.29, 0.717) is 17.1 Å². The van der Waals surface area contributed by atoms with E-state index in [2.05, 4.69) is 10.3 Å². The number of benzene rings is 1. The zero-order chi connectivity index (χ0) is 17.8. The van der Waals surface area contributed by atoms with E-state index in [9.17, 15) is 14.9 Å². The first-order chi connectivity index (χ1) is 12.0. The van der Waals surface area contributed by atoms with Crippen molar-refractivity contribution in [3.8, 4) is 5.88 Å². The second-order valence-electron chi connectivity index (χ2n) is 5.70. The lowest BCUT2D eigenvalue weighted by Gasteiger charge is -2.12. The van der Waals surface area contributed by atoms with Crippen molar-refractivity contribution in [1.82, 2.24) is 4.98 Å². The Morgan fingerprint density at radius 3 is 2.96 bits per heavy atom. The zero-order valence-corrected chi connectivity index (χ0v) is 14.4. The summed E-state index contributed by atoms with van der Waals surface area (Å²) in [5, 5.41) is 13.6. The first-order valence-electron chi connectivity index (χ1n) is 7.80. The van der Waals surface area contributed by atoms with Gasteiger partial charge in [0, 0.05) is 35.7 Å². The van der Waals surface area contributed by atoms with E-state index in [1.54, 1.807) is 25.1 Å². The van der Waals surface area contributed by atoms with Crippen LogP contribution in [-0.2, 0) is 0 Å². The van der Waals surface area contributed by atoms with Gasteiger partial charge in [-0.1, -0.05) is 6.07 Å². The molecule has 1 unspecified atom stereocenters. The van der Waals surface area contributed by atoms with Crippen LogP contribution in [0, 0.1) is 17.0 Å². The van der Waals surface area contributed by atoms with Crippen LogP contribution >= 0.6 is 11.8 Å². The van der Waals surface area contributed by atoms with E-state index in [1.165, 1.54) is 18.3 Å². The summed E-state index contributed by atoms with van der Waals surface area (Å²) in [7, 11) is 0. The quantitative estimate of drug-likeness (QED) is 0.649. The maximum atomic E-state index is 12.5. The molecule has 1 aliphatic heterocycles. The molecule has 0 radical (unpaired) electrons. The largest absolute Gasteiger partial charge is 0.473 e. The average molecular weight is 359 g/mol. The van der Waals surface area contributed by atoms with Crippen molar-refractivity contribution in [1.29, 1.82) is 0 Å². The van der Waals surface area contributed by atoms with E-state index in [0.717, 1.165) is 23.5 Å². The van der Waals surface area contributed by atoms with Crippen molar-refractivity contribution in [3.05, 3.63) is 57.8 Å².